The molecule has 1 heterocycles. The van der Waals surface area contributed by atoms with Crippen molar-refractivity contribution in [3.05, 3.63) is 42.1 Å². The molecule has 2 rings (SSSR count). The summed E-state index contributed by atoms with van der Waals surface area (Å²) in [5.74, 6) is 0. The lowest BCUT2D eigenvalue weighted by molar-refractivity contribution is -0.0426. The van der Waals surface area contributed by atoms with Crippen molar-refractivity contribution in [3.8, 4) is 0 Å². The number of aromatic nitrogens is 1. The predicted molar refractivity (Wildman–Crippen MR) is 48.9 cm³/mol. The molecule has 0 saturated heterocycles. The second kappa shape index (κ2) is 3.12. The Kier molecular flexibility index (Phi) is 1.96. The summed E-state index contributed by atoms with van der Waals surface area (Å²) in [6, 6.07) is 9.26. The fourth-order valence-electron chi connectivity index (χ4n) is 1.23. The molecule has 1 aromatic carbocycles. The first kappa shape index (κ1) is 8.16. The van der Waals surface area contributed by atoms with E-state index in [1.54, 1.807) is 6.07 Å². The molecule has 3 nitrogen and oxygen atoms in total. The van der Waals surface area contributed by atoms with Crippen LogP contribution >= 0.6 is 0 Å². The second-order valence-electron chi connectivity index (χ2n) is 2.84. The van der Waals surface area contributed by atoms with Crippen molar-refractivity contribution >= 4 is 10.9 Å². The predicted octanol–water partition coefficient (Wildman–Crippen LogP) is 1.22. The zero-order chi connectivity index (χ0) is 9.26. The number of aliphatic hydroxyl groups excluding tert-OH is 1. The third kappa shape index (κ3) is 1.52. The van der Waals surface area contributed by atoms with Gasteiger partial charge in [0.1, 0.15) is 0 Å². The molecule has 0 unspecified atom stereocenters. The molecule has 0 atom stereocenters. The lowest BCUT2D eigenvalue weighted by Gasteiger charge is -2.03. The largest absolute Gasteiger partial charge is 0.364 e. The fraction of sp³-hybridized carbons (Fsp3) is 0.100. The van der Waals surface area contributed by atoms with Gasteiger partial charge in [-0.2, -0.15) is 0 Å². The van der Waals surface area contributed by atoms with Gasteiger partial charge in [-0.05, 0) is 12.1 Å². The van der Waals surface area contributed by atoms with Gasteiger partial charge in [0.05, 0.1) is 5.52 Å². The van der Waals surface area contributed by atoms with Gasteiger partial charge < -0.3 is 10.2 Å². The highest BCUT2D eigenvalue weighted by atomic mass is 16.5. The minimum atomic E-state index is -1.45. The van der Waals surface area contributed by atoms with Gasteiger partial charge in [-0.3, -0.25) is 4.98 Å². The molecule has 0 aliphatic carbocycles. The highest BCUT2D eigenvalue weighted by Crippen LogP contribution is 2.15. The van der Waals surface area contributed by atoms with E-state index < -0.39 is 6.29 Å². The Hall–Kier alpha value is -1.45. The number of para-hydroxylation sites is 1. The fourth-order valence-corrected chi connectivity index (χ4v) is 1.23. The smallest absolute Gasteiger partial charge is 0.179 e. The lowest BCUT2D eigenvalue weighted by atomic mass is 10.1. The molecule has 0 aliphatic rings. The summed E-state index contributed by atoms with van der Waals surface area (Å²) in [7, 11) is 0. The summed E-state index contributed by atoms with van der Waals surface area (Å²) in [5.41, 5.74) is 1.27. The SMILES string of the molecule is OC(O)c1cnc2ccccc2c1. The van der Waals surface area contributed by atoms with Gasteiger partial charge in [0.15, 0.2) is 6.29 Å². The standard InChI is InChI=1S/C10H9NO2/c12-10(13)8-5-7-3-1-2-4-9(7)11-6-8/h1-6,10,12-13H. The van der Waals surface area contributed by atoms with Gasteiger partial charge >= 0.3 is 0 Å². The van der Waals surface area contributed by atoms with Crippen LogP contribution in [0.3, 0.4) is 0 Å². The first-order chi connectivity index (χ1) is 6.27. The number of pyridine rings is 1. The van der Waals surface area contributed by atoms with Gasteiger partial charge in [-0.25, -0.2) is 0 Å². The van der Waals surface area contributed by atoms with Crippen molar-refractivity contribution in [1.82, 2.24) is 4.98 Å². The van der Waals surface area contributed by atoms with Crippen LogP contribution < -0.4 is 0 Å². The van der Waals surface area contributed by atoms with Crippen molar-refractivity contribution in [2.45, 2.75) is 6.29 Å². The Balaban J connectivity index is 2.62. The van der Waals surface area contributed by atoms with Crippen LogP contribution in [0.4, 0.5) is 0 Å². The van der Waals surface area contributed by atoms with Crippen LogP contribution in [-0.2, 0) is 0 Å². The average molecular weight is 175 g/mol. The summed E-state index contributed by atoms with van der Waals surface area (Å²) in [4.78, 5) is 4.08. The lowest BCUT2D eigenvalue weighted by Crippen LogP contribution is -1.95. The summed E-state index contributed by atoms with van der Waals surface area (Å²) in [5, 5.41) is 18.7. The van der Waals surface area contributed by atoms with Crippen LogP contribution in [0.1, 0.15) is 11.9 Å². The molecule has 2 aromatic rings. The van der Waals surface area contributed by atoms with Gasteiger partial charge in [-0.15, -0.1) is 0 Å². The minimum Gasteiger partial charge on any atom is -0.364 e. The van der Waals surface area contributed by atoms with Gasteiger partial charge in [-0.1, -0.05) is 18.2 Å². The van der Waals surface area contributed by atoms with E-state index >= 15 is 0 Å². The van der Waals surface area contributed by atoms with Crippen molar-refractivity contribution in [1.29, 1.82) is 0 Å². The van der Waals surface area contributed by atoms with Gasteiger partial charge in [0.2, 0.25) is 0 Å². The summed E-state index contributed by atoms with van der Waals surface area (Å²) < 4.78 is 0. The molecule has 0 spiro atoms. The van der Waals surface area contributed by atoms with Crippen molar-refractivity contribution in [2.75, 3.05) is 0 Å². The van der Waals surface area contributed by atoms with Crippen LogP contribution in [0.5, 0.6) is 0 Å². The van der Waals surface area contributed by atoms with E-state index in [0.717, 1.165) is 10.9 Å². The Morgan fingerprint density at radius 3 is 2.69 bits per heavy atom. The van der Waals surface area contributed by atoms with Crippen LogP contribution in [0.2, 0.25) is 0 Å². The maximum atomic E-state index is 8.90. The third-order valence-corrected chi connectivity index (χ3v) is 1.91. The molecular formula is C10H9NO2. The van der Waals surface area contributed by atoms with Crippen LogP contribution in [0.25, 0.3) is 10.9 Å². The van der Waals surface area contributed by atoms with E-state index in [9.17, 15) is 0 Å². The second-order valence-corrected chi connectivity index (χ2v) is 2.84. The van der Waals surface area contributed by atoms with Crippen LogP contribution in [0, 0.1) is 0 Å². The number of hydrogen-bond acceptors (Lipinski definition) is 3. The molecule has 0 amide bonds. The molecule has 13 heavy (non-hydrogen) atoms. The molecule has 1 aromatic heterocycles. The number of nitrogens with zero attached hydrogens (tertiary/aromatic N) is 1. The Morgan fingerprint density at radius 1 is 1.15 bits per heavy atom. The average Bonchev–Trinajstić information content (AvgIpc) is 2.17. The zero-order valence-corrected chi connectivity index (χ0v) is 6.88. The minimum absolute atomic E-state index is 0.415. The van der Waals surface area contributed by atoms with E-state index in [2.05, 4.69) is 4.98 Å². The van der Waals surface area contributed by atoms with E-state index in [4.69, 9.17) is 10.2 Å². The topological polar surface area (TPSA) is 53.4 Å². The van der Waals surface area contributed by atoms with Crippen LogP contribution in [0.15, 0.2) is 36.5 Å². The number of aliphatic hydroxyl groups is 2. The van der Waals surface area contributed by atoms with Crippen LogP contribution in [-0.4, -0.2) is 15.2 Å². The van der Waals surface area contributed by atoms with E-state index in [-0.39, 0.29) is 0 Å². The van der Waals surface area contributed by atoms with Gasteiger partial charge in [0.25, 0.3) is 0 Å². The number of rotatable bonds is 1. The molecule has 0 saturated carbocycles. The maximum absolute atomic E-state index is 8.90. The number of benzene rings is 1. The highest BCUT2D eigenvalue weighted by Gasteiger charge is 2.03. The van der Waals surface area contributed by atoms with Crippen molar-refractivity contribution in [2.24, 2.45) is 0 Å². The number of hydrogen-bond donors (Lipinski definition) is 2. The van der Waals surface area contributed by atoms with E-state index in [1.165, 1.54) is 6.20 Å². The molecular weight excluding hydrogens is 166 g/mol. The van der Waals surface area contributed by atoms with E-state index in [1.807, 2.05) is 24.3 Å². The van der Waals surface area contributed by atoms with E-state index in [0.29, 0.717) is 5.56 Å². The quantitative estimate of drug-likeness (QED) is 0.641. The Labute approximate surface area is 75.3 Å². The van der Waals surface area contributed by atoms with Gasteiger partial charge in [0, 0.05) is 17.1 Å². The first-order valence-corrected chi connectivity index (χ1v) is 3.98. The highest BCUT2D eigenvalue weighted by molar-refractivity contribution is 5.78. The molecule has 3 heteroatoms. The zero-order valence-electron chi connectivity index (χ0n) is 6.88. The number of fused-ring (bicyclic) bond motifs is 1. The Bertz CT molecular complexity index is 426. The van der Waals surface area contributed by atoms with Crippen molar-refractivity contribution < 1.29 is 10.2 Å². The molecule has 66 valence electrons. The molecule has 0 bridgehead atoms. The summed E-state index contributed by atoms with van der Waals surface area (Å²) >= 11 is 0. The molecule has 0 aliphatic heterocycles. The normalized spacial score (nSPS) is 11.0. The molecule has 0 fully saturated rings. The monoisotopic (exact) mass is 175 g/mol. The Morgan fingerprint density at radius 2 is 1.92 bits per heavy atom. The summed E-state index contributed by atoms with van der Waals surface area (Å²) in [6.07, 6.45) is 0.0182. The molecule has 0 radical (unpaired) electrons. The maximum Gasteiger partial charge on any atom is 0.179 e. The summed E-state index contributed by atoms with van der Waals surface area (Å²) in [6.45, 7) is 0. The van der Waals surface area contributed by atoms with Crippen molar-refractivity contribution in [3.63, 3.8) is 0 Å². The molecule has 2 N–H and O–H groups in total. The first-order valence-electron chi connectivity index (χ1n) is 3.98. The third-order valence-electron chi connectivity index (χ3n) is 1.91.